The first-order valence-electron chi connectivity index (χ1n) is 8.77. The van der Waals surface area contributed by atoms with Crippen LogP contribution >= 0.6 is 11.6 Å². The molecule has 1 aliphatic rings. The van der Waals surface area contributed by atoms with Crippen molar-refractivity contribution in [3.63, 3.8) is 0 Å². The Morgan fingerprint density at radius 3 is 2.10 bits per heavy atom. The highest BCUT2D eigenvalue weighted by atomic mass is 35.5. The second-order valence-electron chi connectivity index (χ2n) is 6.76. The maximum atomic E-state index is 12.8. The molecule has 150 valence electrons. The van der Waals surface area contributed by atoms with Crippen molar-refractivity contribution in [1.29, 1.82) is 0 Å². The molecule has 1 saturated heterocycles. The molecule has 0 aliphatic carbocycles. The van der Waals surface area contributed by atoms with Crippen molar-refractivity contribution in [3.05, 3.63) is 59.1 Å². The summed E-state index contributed by atoms with van der Waals surface area (Å²) in [5.41, 5.74) is 0.346. The first-order chi connectivity index (χ1) is 13.7. The molecule has 0 unspecified atom stereocenters. The summed E-state index contributed by atoms with van der Waals surface area (Å²) in [5.74, 6) is -1.26. The molecule has 1 fully saturated rings. The number of benzene rings is 2. The lowest BCUT2D eigenvalue weighted by atomic mass is 9.92. The summed E-state index contributed by atoms with van der Waals surface area (Å²) in [6.45, 7) is 2.54. The number of nitrogens with one attached hydrogen (secondary N) is 3. The summed E-state index contributed by atoms with van der Waals surface area (Å²) in [4.78, 5) is 49.4. The predicted molar refractivity (Wildman–Crippen MR) is 108 cm³/mol. The largest absolute Gasteiger partial charge is 0.326 e. The van der Waals surface area contributed by atoms with Gasteiger partial charge in [0.2, 0.25) is 11.8 Å². The number of urea groups is 1. The van der Waals surface area contributed by atoms with E-state index in [0.29, 0.717) is 22.0 Å². The zero-order valence-corrected chi connectivity index (χ0v) is 16.5. The van der Waals surface area contributed by atoms with E-state index in [-0.39, 0.29) is 5.91 Å². The fraction of sp³-hybridized carbons (Fsp3) is 0.200. The van der Waals surface area contributed by atoms with E-state index >= 15 is 0 Å². The summed E-state index contributed by atoms with van der Waals surface area (Å²) in [6, 6.07) is 12.4. The van der Waals surface area contributed by atoms with Gasteiger partial charge in [0.25, 0.3) is 5.91 Å². The molecule has 0 spiro atoms. The zero-order valence-electron chi connectivity index (χ0n) is 15.8. The first-order valence-corrected chi connectivity index (χ1v) is 9.14. The lowest BCUT2D eigenvalue weighted by Crippen LogP contribution is -2.42. The number of hydrogen-bond acceptors (Lipinski definition) is 4. The van der Waals surface area contributed by atoms with E-state index in [9.17, 15) is 19.2 Å². The molecular formula is C20H19ClN4O4. The molecular weight excluding hydrogens is 396 g/mol. The molecule has 3 rings (SSSR count). The fourth-order valence-electron chi connectivity index (χ4n) is 3.00. The highest BCUT2D eigenvalue weighted by molar-refractivity contribution is 6.30. The normalized spacial score (nSPS) is 18.4. The minimum atomic E-state index is -1.28. The smallest absolute Gasteiger partial charge is 0.325 e. The van der Waals surface area contributed by atoms with Gasteiger partial charge in [0.1, 0.15) is 12.1 Å². The molecule has 9 heteroatoms. The third kappa shape index (κ3) is 4.38. The van der Waals surface area contributed by atoms with Crippen molar-refractivity contribution in [2.24, 2.45) is 0 Å². The Morgan fingerprint density at radius 2 is 1.55 bits per heavy atom. The molecule has 1 aliphatic heterocycles. The number of carbonyl (C=O) groups excluding carboxylic acids is 4. The standard InChI is InChI=1S/C20H19ClN4O4/c1-12(26)22-15-7-9-16(10-8-15)23-17(27)11-25-18(28)20(2,24-19(25)29)13-3-5-14(21)6-4-13/h3-10H,11H2,1-2H3,(H,22,26)(H,23,27)(H,24,29)/t20-/m1/s1. The molecule has 2 aromatic rings. The second-order valence-corrected chi connectivity index (χ2v) is 7.20. The number of hydrogen-bond donors (Lipinski definition) is 3. The van der Waals surface area contributed by atoms with Crippen LogP contribution in [-0.2, 0) is 19.9 Å². The molecule has 29 heavy (non-hydrogen) atoms. The van der Waals surface area contributed by atoms with Crippen LogP contribution in [0, 0.1) is 0 Å². The van der Waals surface area contributed by atoms with Gasteiger partial charge in [0, 0.05) is 23.3 Å². The zero-order chi connectivity index (χ0) is 21.2. The molecule has 0 radical (unpaired) electrons. The SMILES string of the molecule is CC(=O)Nc1ccc(NC(=O)CN2C(=O)N[C@](C)(c3ccc(Cl)cc3)C2=O)cc1. The summed E-state index contributed by atoms with van der Waals surface area (Å²) in [6.07, 6.45) is 0. The van der Waals surface area contributed by atoms with Gasteiger partial charge in [-0.1, -0.05) is 23.7 Å². The lowest BCUT2D eigenvalue weighted by Gasteiger charge is -2.22. The quantitative estimate of drug-likeness (QED) is 0.653. The lowest BCUT2D eigenvalue weighted by molar-refractivity contribution is -0.133. The number of nitrogens with zero attached hydrogens (tertiary/aromatic N) is 1. The Labute approximate surface area is 172 Å². The van der Waals surface area contributed by atoms with Crippen molar-refractivity contribution in [3.8, 4) is 0 Å². The van der Waals surface area contributed by atoms with Crippen molar-refractivity contribution in [2.45, 2.75) is 19.4 Å². The van der Waals surface area contributed by atoms with E-state index in [0.717, 1.165) is 4.90 Å². The number of rotatable bonds is 5. The van der Waals surface area contributed by atoms with Crippen LogP contribution < -0.4 is 16.0 Å². The average molecular weight is 415 g/mol. The van der Waals surface area contributed by atoms with Gasteiger partial charge in [-0.25, -0.2) is 4.79 Å². The van der Waals surface area contributed by atoms with Crippen LogP contribution in [0.1, 0.15) is 19.4 Å². The molecule has 1 atom stereocenters. The van der Waals surface area contributed by atoms with Gasteiger partial charge in [-0.15, -0.1) is 0 Å². The van der Waals surface area contributed by atoms with Crippen molar-refractivity contribution >= 4 is 46.7 Å². The van der Waals surface area contributed by atoms with E-state index in [4.69, 9.17) is 11.6 Å². The van der Waals surface area contributed by atoms with E-state index in [1.807, 2.05) is 0 Å². The molecule has 1 heterocycles. The molecule has 8 nitrogen and oxygen atoms in total. The number of halogens is 1. The van der Waals surface area contributed by atoms with Gasteiger partial charge >= 0.3 is 6.03 Å². The second kappa shape index (κ2) is 7.92. The summed E-state index contributed by atoms with van der Waals surface area (Å²) in [7, 11) is 0. The number of imide groups is 1. The maximum Gasteiger partial charge on any atom is 0.325 e. The Balaban J connectivity index is 1.67. The third-order valence-electron chi connectivity index (χ3n) is 4.49. The molecule has 0 saturated carbocycles. The van der Waals surface area contributed by atoms with Crippen molar-refractivity contribution in [2.75, 3.05) is 17.2 Å². The molecule has 0 bridgehead atoms. The summed E-state index contributed by atoms with van der Waals surface area (Å²) in [5, 5.41) is 8.38. The Bertz CT molecular complexity index is 975. The monoisotopic (exact) mass is 414 g/mol. The van der Waals surface area contributed by atoms with Crippen LogP contribution in [0.15, 0.2) is 48.5 Å². The van der Waals surface area contributed by atoms with Gasteiger partial charge in [-0.3, -0.25) is 19.3 Å². The minimum absolute atomic E-state index is 0.205. The highest BCUT2D eigenvalue weighted by Gasteiger charge is 2.49. The van der Waals surface area contributed by atoms with Crippen LogP contribution in [0.4, 0.5) is 16.2 Å². The number of carbonyl (C=O) groups is 4. The van der Waals surface area contributed by atoms with Gasteiger partial charge in [-0.2, -0.15) is 0 Å². The topological polar surface area (TPSA) is 108 Å². The van der Waals surface area contributed by atoms with E-state index < -0.39 is 29.9 Å². The molecule has 5 amide bonds. The van der Waals surface area contributed by atoms with Crippen LogP contribution in [0.3, 0.4) is 0 Å². The first kappa shape index (κ1) is 20.3. The van der Waals surface area contributed by atoms with Gasteiger partial charge in [-0.05, 0) is 48.9 Å². The van der Waals surface area contributed by atoms with Crippen LogP contribution in [0.25, 0.3) is 0 Å². The fourth-order valence-corrected chi connectivity index (χ4v) is 3.13. The van der Waals surface area contributed by atoms with Gasteiger partial charge < -0.3 is 16.0 Å². The Hall–Kier alpha value is -3.39. The van der Waals surface area contributed by atoms with Crippen LogP contribution in [0.2, 0.25) is 5.02 Å². The highest BCUT2D eigenvalue weighted by Crippen LogP contribution is 2.29. The van der Waals surface area contributed by atoms with Crippen LogP contribution in [-0.4, -0.2) is 35.2 Å². The van der Waals surface area contributed by atoms with Gasteiger partial charge in [0.05, 0.1) is 0 Å². The third-order valence-corrected chi connectivity index (χ3v) is 4.74. The van der Waals surface area contributed by atoms with Gasteiger partial charge in [0.15, 0.2) is 0 Å². The minimum Gasteiger partial charge on any atom is -0.326 e. The Morgan fingerprint density at radius 1 is 1.00 bits per heavy atom. The number of amides is 5. The van der Waals surface area contributed by atoms with E-state index in [1.54, 1.807) is 55.5 Å². The maximum absolute atomic E-state index is 12.8. The van der Waals surface area contributed by atoms with Crippen molar-refractivity contribution in [1.82, 2.24) is 10.2 Å². The molecule has 3 N–H and O–H groups in total. The summed E-state index contributed by atoms with van der Waals surface area (Å²) >= 11 is 5.88. The van der Waals surface area contributed by atoms with E-state index in [2.05, 4.69) is 16.0 Å². The molecule has 0 aromatic heterocycles. The number of anilines is 2. The Kier molecular flexibility index (Phi) is 5.56. The molecule has 2 aromatic carbocycles. The van der Waals surface area contributed by atoms with E-state index in [1.165, 1.54) is 6.92 Å². The summed E-state index contributed by atoms with van der Waals surface area (Å²) < 4.78 is 0. The van der Waals surface area contributed by atoms with Crippen molar-refractivity contribution < 1.29 is 19.2 Å². The predicted octanol–water partition coefficient (Wildman–Crippen LogP) is 2.70. The van der Waals surface area contributed by atoms with Crippen LogP contribution in [0.5, 0.6) is 0 Å². The average Bonchev–Trinajstić information content (AvgIpc) is 2.87.